The summed E-state index contributed by atoms with van der Waals surface area (Å²) >= 11 is 0. The molecule has 0 bridgehead atoms. The van der Waals surface area contributed by atoms with E-state index in [0.29, 0.717) is 24.3 Å². The van der Waals surface area contributed by atoms with E-state index < -0.39 is 0 Å². The SMILES string of the molecule is NCc1cccc(-c2c(N)ccc(C=O)c2-c2cccc(CN)c2)c1. The largest absolute Gasteiger partial charge is 0.398 e. The highest BCUT2D eigenvalue weighted by atomic mass is 16.1. The third kappa shape index (κ3) is 3.31. The molecule has 0 aliphatic rings. The van der Waals surface area contributed by atoms with E-state index in [1.807, 2.05) is 48.5 Å². The summed E-state index contributed by atoms with van der Waals surface area (Å²) in [6.45, 7) is 0.879. The summed E-state index contributed by atoms with van der Waals surface area (Å²) in [5, 5.41) is 0. The van der Waals surface area contributed by atoms with Gasteiger partial charge in [-0.3, -0.25) is 4.79 Å². The third-order valence-corrected chi connectivity index (χ3v) is 4.30. The number of nitrogen functional groups attached to an aromatic ring is 1. The average Bonchev–Trinajstić information content (AvgIpc) is 2.67. The predicted molar refractivity (Wildman–Crippen MR) is 103 cm³/mol. The highest BCUT2D eigenvalue weighted by Crippen LogP contribution is 2.39. The molecule has 0 radical (unpaired) electrons. The summed E-state index contributed by atoms with van der Waals surface area (Å²) in [5.74, 6) is 0. The van der Waals surface area contributed by atoms with Crippen molar-refractivity contribution in [1.82, 2.24) is 0 Å². The first-order valence-electron chi connectivity index (χ1n) is 8.14. The van der Waals surface area contributed by atoms with Gasteiger partial charge in [-0.15, -0.1) is 0 Å². The Bertz CT molecular complexity index is 919. The molecular weight excluding hydrogens is 310 g/mol. The fourth-order valence-electron chi connectivity index (χ4n) is 3.06. The van der Waals surface area contributed by atoms with Crippen LogP contribution in [0.3, 0.4) is 0 Å². The molecule has 0 saturated carbocycles. The number of carbonyl (C=O) groups excluding carboxylic acids is 1. The standard InChI is InChI=1S/C21H21N3O/c22-11-14-3-1-5-16(9-14)20-18(13-25)7-8-19(24)21(20)17-6-2-4-15(10-17)12-23/h1-10,13H,11-12,22-24H2. The van der Waals surface area contributed by atoms with E-state index in [0.717, 1.165) is 39.7 Å². The molecule has 0 fully saturated rings. The Morgan fingerprint density at radius 3 is 1.84 bits per heavy atom. The summed E-state index contributed by atoms with van der Waals surface area (Å²) in [7, 11) is 0. The van der Waals surface area contributed by atoms with Gasteiger partial charge in [0, 0.05) is 35.5 Å². The van der Waals surface area contributed by atoms with Gasteiger partial charge in [0.2, 0.25) is 0 Å². The van der Waals surface area contributed by atoms with Crippen molar-refractivity contribution in [3.8, 4) is 22.3 Å². The number of hydrogen-bond donors (Lipinski definition) is 3. The molecule has 0 aliphatic carbocycles. The van der Waals surface area contributed by atoms with E-state index in [1.54, 1.807) is 12.1 Å². The van der Waals surface area contributed by atoms with E-state index in [1.165, 1.54) is 0 Å². The Balaban J connectivity index is 2.32. The summed E-state index contributed by atoms with van der Waals surface area (Å²) in [6.07, 6.45) is 0.861. The van der Waals surface area contributed by atoms with E-state index in [9.17, 15) is 4.79 Å². The van der Waals surface area contributed by atoms with Gasteiger partial charge in [-0.1, -0.05) is 36.4 Å². The maximum atomic E-state index is 11.7. The molecule has 0 saturated heterocycles. The lowest BCUT2D eigenvalue weighted by Gasteiger charge is -2.17. The van der Waals surface area contributed by atoms with Crippen molar-refractivity contribution >= 4 is 12.0 Å². The van der Waals surface area contributed by atoms with Crippen LogP contribution >= 0.6 is 0 Å². The molecule has 0 heterocycles. The van der Waals surface area contributed by atoms with Crippen LogP contribution in [-0.2, 0) is 13.1 Å². The smallest absolute Gasteiger partial charge is 0.150 e. The first kappa shape index (κ1) is 16.9. The number of rotatable bonds is 5. The second kappa shape index (κ2) is 7.30. The quantitative estimate of drug-likeness (QED) is 0.493. The van der Waals surface area contributed by atoms with Crippen molar-refractivity contribution in [2.45, 2.75) is 13.1 Å². The zero-order chi connectivity index (χ0) is 17.8. The lowest BCUT2D eigenvalue weighted by Crippen LogP contribution is -2.01. The molecule has 4 heteroatoms. The third-order valence-electron chi connectivity index (χ3n) is 4.30. The van der Waals surface area contributed by atoms with Gasteiger partial charge in [-0.25, -0.2) is 0 Å². The summed E-state index contributed by atoms with van der Waals surface area (Å²) in [5.41, 5.74) is 24.6. The van der Waals surface area contributed by atoms with Crippen LogP contribution < -0.4 is 17.2 Å². The van der Waals surface area contributed by atoms with Crippen LogP contribution in [0.4, 0.5) is 5.69 Å². The molecule has 0 unspecified atom stereocenters. The Morgan fingerprint density at radius 1 is 0.760 bits per heavy atom. The van der Waals surface area contributed by atoms with Gasteiger partial charge >= 0.3 is 0 Å². The van der Waals surface area contributed by atoms with Crippen molar-refractivity contribution in [2.75, 3.05) is 5.73 Å². The molecule has 126 valence electrons. The van der Waals surface area contributed by atoms with Gasteiger partial charge < -0.3 is 17.2 Å². The minimum atomic E-state index is 0.435. The number of benzene rings is 3. The highest BCUT2D eigenvalue weighted by molar-refractivity contribution is 6.00. The Labute approximate surface area is 147 Å². The second-order valence-electron chi connectivity index (χ2n) is 5.92. The first-order chi connectivity index (χ1) is 12.2. The average molecular weight is 331 g/mol. The van der Waals surface area contributed by atoms with Gasteiger partial charge in [0.25, 0.3) is 0 Å². The van der Waals surface area contributed by atoms with Crippen LogP contribution in [0.1, 0.15) is 21.5 Å². The molecule has 3 rings (SSSR count). The Hall–Kier alpha value is -2.95. The molecular formula is C21H21N3O. The molecule has 0 amide bonds. The molecule has 6 N–H and O–H groups in total. The zero-order valence-corrected chi connectivity index (χ0v) is 13.9. The van der Waals surface area contributed by atoms with Crippen LogP contribution in [0.15, 0.2) is 60.7 Å². The fraction of sp³-hybridized carbons (Fsp3) is 0.0952. The maximum absolute atomic E-state index is 11.7. The van der Waals surface area contributed by atoms with Crippen LogP contribution in [0.25, 0.3) is 22.3 Å². The van der Waals surface area contributed by atoms with Crippen molar-refractivity contribution in [2.24, 2.45) is 11.5 Å². The van der Waals surface area contributed by atoms with Gasteiger partial charge in [0.05, 0.1) is 0 Å². The van der Waals surface area contributed by atoms with E-state index in [2.05, 4.69) is 0 Å². The van der Waals surface area contributed by atoms with Gasteiger partial charge in [-0.2, -0.15) is 0 Å². The Kier molecular flexibility index (Phi) is 4.93. The first-order valence-corrected chi connectivity index (χ1v) is 8.14. The van der Waals surface area contributed by atoms with Crippen LogP contribution in [0.5, 0.6) is 0 Å². The molecule has 4 nitrogen and oxygen atoms in total. The van der Waals surface area contributed by atoms with E-state index >= 15 is 0 Å². The van der Waals surface area contributed by atoms with Crippen molar-refractivity contribution in [1.29, 1.82) is 0 Å². The number of hydrogen-bond acceptors (Lipinski definition) is 4. The second-order valence-corrected chi connectivity index (χ2v) is 5.92. The molecule has 25 heavy (non-hydrogen) atoms. The number of carbonyl (C=O) groups is 1. The Morgan fingerprint density at radius 2 is 1.32 bits per heavy atom. The molecule has 0 spiro atoms. The van der Waals surface area contributed by atoms with Crippen LogP contribution in [-0.4, -0.2) is 6.29 Å². The highest BCUT2D eigenvalue weighted by Gasteiger charge is 2.16. The fourth-order valence-corrected chi connectivity index (χ4v) is 3.06. The van der Waals surface area contributed by atoms with Crippen molar-refractivity contribution in [3.05, 3.63) is 77.4 Å². The topological polar surface area (TPSA) is 95.1 Å². The van der Waals surface area contributed by atoms with Crippen LogP contribution in [0, 0.1) is 0 Å². The van der Waals surface area contributed by atoms with E-state index in [4.69, 9.17) is 17.2 Å². The molecule has 3 aromatic rings. The summed E-state index contributed by atoms with van der Waals surface area (Å²) in [6, 6.07) is 19.3. The summed E-state index contributed by atoms with van der Waals surface area (Å²) < 4.78 is 0. The lowest BCUT2D eigenvalue weighted by molar-refractivity contribution is 0.112. The normalized spacial score (nSPS) is 10.6. The minimum absolute atomic E-state index is 0.435. The van der Waals surface area contributed by atoms with Gasteiger partial charge in [0.15, 0.2) is 6.29 Å². The van der Waals surface area contributed by atoms with E-state index in [-0.39, 0.29) is 0 Å². The van der Waals surface area contributed by atoms with Crippen LogP contribution in [0.2, 0.25) is 0 Å². The monoisotopic (exact) mass is 331 g/mol. The minimum Gasteiger partial charge on any atom is -0.398 e. The molecule has 3 aromatic carbocycles. The number of aldehydes is 1. The van der Waals surface area contributed by atoms with Crippen molar-refractivity contribution in [3.63, 3.8) is 0 Å². The van der Waals surface area contributed by atoms with Gasteiger partial charge in [0.1, 0.15) is 0 Å². The summed E-state index contributed by atoms with van der Waals surface area (Å²) in [4.78, 5) is 11.7. The zero-order valence-electron chi connectivity index (χ0n) is 13.9. The lowest BCUT2D eigenvalue weighted by atomic mass is 9.88. The molecule has 0 aromatic heterocycles. The molecule has 0 aliphatic heterocycles. The maximum Gasteiger partial charge on any atom is 0.150 e. The number of nitrogens with two attached hydrogens (primary N) is 3. The van der Waals surface area contributed by atoms with Gasteiger partial charge in [-0.05, 0) is 46.5 Å². The number of anilines is 1. The molecule has 0 atom stereocenters. The predicted octanol–water partition coefficient (Wildman–Crippen LogP) is 3.33. The van der Waals surface area contributed by atoms with Crippen molar-refractivity contribution < 1.29 is 4.79 Å².